The third-order valence-electron chi connectivity index (χ3n) is 3.04. The molecule has 0 spiro atoms. The highest BCUT2D eigenvalue weighted by Crippen LogP contribution is 2.28. The van der Waals surface area contributed by atoms with Gasteiger partial charge in [-0.3, -0.25) is 0 Å². The van der Waals surface area contributed by atoms with Gasteiger partial charge in [0.15, 0.2) is 0 Å². The minimum Gasteiger partial charge on any atom is -0.494 e. The highest BCUT2D eigenvalue weighted by molar-refractivity contribution is 9.10. The number of aryl methyl sites for hydroxylation is 1. The van der Waals surface area contributed by atoms with E-state index in [2.05, 4.69) is 35.0 Å². The monoisotopic (exact) mass is 319 g/mol. The van der Waals surface area contributed by atoms with Crippen LogP contribution in [0.3, 0.4) is 0 Å². The van der Waals surface area contributed by atoms with Crippen molar-refractivity contribution in [3.8, 4) is 5.75 Å². The Morgan fingerprint density at radius 3 is 2.47 bits per heavy atom. The van der Waals surface area contributed by atoms with E-state index in [-0.39, 0.29) is 6.04 Å². The molecule has 2 N–H and O–H groups in total. The second-order valence-corrected chi connectivity index (χ2v) is 5.36. The second-order valence-electron chi connectivity index (χ2n) is 4.50. The number of rotatable bonds is 4. The van der Waals surface area contributed by atoms with Gasteiger partial charge in [-0.25, -0.2) is 0 Å². The van der Waals surface area contributed by atoms with E-state index in [9.17, 15) is 0 Å². The predicted octanol–water partition coefficient (Wildman–Crippen LogP) is 4.20. The van der Waals surface area contributed by atoms with Crippen LogP contribution in [0.15, 0.2) is 46.9 Å². The summed E-state index contributed by atoms with van der Waals surface area (Å²) in [6.45, 7) is 4.72. The molecule has 0 amide bonds. The van der Waals surface area contributed by atoms with Crippen molar-refractivity contribution in [1.29, 1.82) is 0 Å². The number of hydrogen-bond donors (Lipinski definition) is 1. The molecule has 1 atom stereocenters. The molecular formula is C16H18BrNO. The maximum Gasteiger partial charge on any atom is 0.119 e. The van der Waals surface area contributed by atoms with E-state index in [1.54, 1.807) is 0 Å². The van der Waals surface area contributed by atoms with Crippen molar-refractivity contribution in [2.24, 2.45) is 5.73 Å². The molecule has 1 unspecified atom stereocenters. The van der Waals surface area contributed by atoms with Crippen molar-refractivity contribution < 1.29 is 4.74 Å². The van der Waals surface area contributed by atoms with Gasteiger partial charge in [0.25, 0.3) is 0 Å². The maximum absolute atomic E-state index is 6.34. The van der Waals surface area contributed by atoms with Crippen LogP contribution in [-0.4, -0.2) is 6.61 Å². The quantitative estimate of drug-likeness (QED) is 0.916. The molecule has 100 valence electrons. The van der Waals surface area contributed by atoms with Crippen LogP contribution in [0.1, 0.15) is 29.7 Å². The van der Waals surface area contributed by atoms with Crippen LogP contribution in [0.2, 0.25) is 0 Å². The predicted molar refractivity (Wildman–Crippen MR) is 82.5 cm³/mol. The van der Waals surface area contributed by atoms with Crippen molar-refractivity contribution in [2.45, 2.75) is 19.9 Å². The summed E-state index contributed by atoms with van der Waals surface area (Å²) in [5.74, 6) is 0.877. The first-order valence-corrected chi connectivity index (χ1v) is 7.15. The summed E-state index contributed by atoms with van der Waals surface area (Å²) in [6, 6.07) is 14.0. The molecule has 0 heterocycles. The zero-order valence-corrected chi connectivity index (χ0v) is 12.8. The number of halogens is 1. The third kappa shape index (κ3) is 3.37. The van der Waals surface area contributed by atoms with E-state index in [0.29, 0.717) is 6.61 Å². The third-order valence-corrected chi connectivity index (χ3v) is 3.76. The Morgan fingerprint density at radius 1 is 1.16 bits per heavy atom. The lowest BCUT2D eigenvalue weighted by Crippen LogP contribution is -2.12. The fourth-order valence-corrected chi connectivity index (χ4v) is 2.51. The van der Waals surface area contributed by atoms with Gasteiger partial charge >= 0.3 is 0 Å². The molecule has 0 aromatic heterocycles. The average Bonchev–Trinajstić information content (AvgIpc) is 2.42. The van der Waals surface area contributed by atoms with Crippen LogP contribution >= 0.6 is 15.9 Å². The standard InChI is InChI=1S/C16H18BrNO/c1-3-19-13-7-5-12(6-8-13)16(18)14-10-11(2)4-9-15(14)17/h4-10,16H,3,18H2,1-2H3. The van der Waals surface area contributed by atoms with Crippen LogP contribution in [-0.2, 0) is 0 Å². The van der Waals surface area contributed by atoms with E-state index in [4.69, 9.17) is 10.5 Å². The number of nitrogens with two attached hydrogens (primary N) is 1. The molecule has 0 aliphatic heterocycles. The van der Waals surface area contributed by atoms with Crippen LogP contribution < -0.4 is 10.5 Å². The Kier molecular flexibility index (Phi) is 4.61. The first-order chi connectivity index (χ1) is 9.11. The van der Waals surface area contributed by atoms with Crippen molar-refractivity contribution >= 4 is 15.9 Å². The molecule has 0 fully saturated rings. The minimum atomic E-state index is -0.134. The summed E-state index contributed by atoms with van der Waals surface area (Å²) >= 11 is 3.56. The van der Waals surface area contributed by atoms with Crippen molar-refractivity contribution in [2.75, 3.05) is 6.61 Å². The Morgan fingerprint density at radius 2 is 1.84 bits per heavy atom. The Labute approximate surface area is 122 Å². The van der Waals surface area contributed by atoms with E-state index in [1.165, 1.54) is 5.56 Å². The summed E-state index contributed by atoms with van der Waals surface area (Å²) in [5, 5.41) is 0. The van der Waals surface area contributed by atoms with Crippen LogP contribution in [0, 0.1) is 6.92 Å². The Hall–Kier alpha value is -1.32. The van der Waals surface area contributed by atoms with Gasteiger partial charge in [-0.2, -0.15) is 0 Å². The van der Waals surface area contributed by atoms with Gasteiger partial charge in [-0.1, -0.05) is 45.8 Å². The molecule has 0 aliphatic rings. The molecule has 2 aromatic rings. The van der Waals surface area contributed by atoms with Gasteiger partial charge in [0.1, 0.15) is 5.75 Å². The van der Waals surface area contributed by atoms with Gasteiger partial charge in [0, 0.05) is 4.47 Å². The Balaban J connectivity index is 2.27. The second kappa shape index (κ2) is 6.22. The smallest absolute Gasteiger partial charge is 0.119 e. The zero-order valence-electron chi connectivity index (χ0n) is 11.2. The molecule has 3 heteroatoms. The molecule has 0 saturated heterocycles. The molecule has 2 aromatic carbocycles. The Bertz CT molecular complexity index is 551. The molecular weight excluding hydrogens is 302 g/mol. The molecule has 2 rings (SSSR count). The first-order valence-electron chi connectivity index (χ1n) is 6.36. The zero-order chi connectivity index (χ0) is 13.8. The largest absolute Gasteiger partial charge is 0.494 e. The normalized spacial score (nSPS) is 12.2. The van der Waals surface area contributed by atoms with Crippen LogP contribution in [0.5, 0.6) is 5.75 Å². The van der Waals surface area contributed by atoms with Crippen LogP contribution in [0.4, 0.5) is 0 Å². The van der Waals surface area contributed by atoms with Gasteiger partial charge in [0.05, 0.1) is 12.6 Å². The van der Waals surface area contributed by atoms with Gasteiger partial charge < -0.3 is 10.5 Å². The fourth-order valence-electron chi connectivity index (χ4n) is 2.02. The van der Waals surface area contributed by atoms with E-state index in [0.717, 1.165) is 21.3 Å². The summed E-state index contributed by atoms with van der Waals surface area (Å²) in [5.41, 5.74) is 9.73. The van der Waals surface area contributed by atoms with Crippen molar-refractivity contribution in [3.63, 3.8) is 0 Å². The summed E-state index contributed by atoms with van der Waals surface area (Å²) < 4.78 is 6.48. The average molecular weight is 320 g/mol. The number of hydrogen-bond acceptors (Lipinski definition) is 2. The van der Waals surface area contributed by atoms with Gasteiger partial charge in [-0.15, -0.1) is 0 Å². The lowest BCUT2D eigenvalue weighted by Gasteiger charge is -2.15. The number of benzene rings is 2. The highest BCUT2D eigenvalue weighted by atomic mass is 79.9. The van der Waals surface area contributed by atoms with E-state index in [1.807, 2.05) is 37.3 Å². The van der Waals surface area contributed by atoms with E-state index >= 15 is 0 Å². The SMILES string of the molecule is CCOc1ccc(C(N)c2cc(C)ccc2Br)cc1. The maximum atomic E-state index is 6.34. The molecule has 0 aliphatic carbocycles. The molecule has 19 heavy (non-hydrogen) atoms. The van der Waals surface area contributed by atoms with Crippen molar-refractivity contribution in [1.82, 2.24) is 0 Å². The summed E-state index contributed by atoms with van der Waals surface area (Å²) in [7, 11) is 0. The van der Waals surface area contributed by atoms with Gasteiger partial charge in [0.2, 0.25) is 0 Å². The lowest BCUT2D eigenvalue weighted by atomic mass is 9.98. The van der Waals surface area contributed by atoms with Crippen molar-refractivity contribution in [3.05, 3.63) is 63.6 Å². The summed E-state index contributed by atoms with van der Waals surface area (Å²) in [6.07, 6.45) is 0. The molecule has 0 radical (unpaired) electrons. The first kappa shape index (κ1) is 14.1. The molecule has 0 saturated carbocycles. The summed E-state index contributed by atoms with van der Waals surface area (Å²) in [4.78, 5) is 0. The molecule has 2 nitrogen and oxygen atoms in total. The molecule has 0 bridgehead atoms. The minimum absolute atomic E-state index is 0.134. The van der Waals surface area contributed by atoms with Gasteiger partial charge in [-0.05, 0) is 43.2 Å². The number of ether oxygens (including phenoxy) is 1. The highest BCUT2D eigenvalue weighted by Gasteiger charge is 2.12. The fraction of sp³-hybridized carbons (Fsp3) is 0.250. The van der Waals surface area contributed by atoms with E-state index < -0.39 is 0 Å². The topological polar surface area (TPSA) is 35.2 Å². The lowest BCUT2D eigenvalue weighted by molar-refractivity contribution is 0.340. The van der Waals surface area contributed by atoms with Crippen LogP contribution in [0.25, 0.3) is 0 Å².